The molecule has 3 heterocycles. The summed E-state index contributed by atoms with van der Waals surface area (Å²) >= 11 is 0. The predicted molar refractivity (Wildman–Crippen MR) is 110 cm³/mol. The Balaban J connectivity index is 1.67. The lowest BCUT2D eigenvalue weighted by atomic mass is 10.2. The van der Waals surface area contributed by atoms with Gasteiger partial charge in [0, 0.05) is 32.0 Å². The van der Waals surface area contributed by atoms with Crippen LogP contribution in [0, 0.1) is 0 Å². The van der Waals surface area contributed by atoms with Gasteiger partial charge in [0.25, 0.3) is 0 Å². The van der Waals surface area contributed by atoms with Gasteiger partial charge in [-0.1, -0.05) is 12.1 Å². The summed E-state index contributed by atoms with van der Waals surface area (Å²) in [5.41, 5.74) is 2.46. The maximum atomic E-state index is 11.7. The first-order valence-corrected chi connectivity index (χ1v) is 10.6. The van der Waals surface area contributed by atoms with Crippen molar-refractivity contribution in [1.29, 1.82) is 0 Å². The standard InChI is InChI=1S/C18H20N8O3S/c1-29-7-3-6-26-11-13(9-21-26)22-18-16-15(10-20-25-16)23-17(24-18)12-4-2-5-14(8-12)30(19,27)28/h2,4-5,8-11H,3,6-7H2,1H3,(H,20,25)(H2,19,27,28)(H,22,23,24). The number of methoxy groups -OCH3 is 1. The van der Waals surface area contributed by atoms with Crippen LogP contribution >= 0.6 is 0 Å². The summed E-state index contributed by atoms with van der Waals surface area (Å²) in [5, 5.41) is 19.7. The number of aromatic amines is 1. The number of fused-ring (bicyclic) bond motifs is 1. The second kappa shape index (κ2) is 8.18. The average molecular weight is 428 g/mol. The number of hydrogen-bond donors (Lipinski definition) is 3. The number of nitrogens with two attached hydrogens (primary N) is 1. The molecule has 0 radical (unpaired) electrons. The fourth-order valence-electron chi connectivity index (χ4n) is 2.93. The average Bonchev–Trinajstić information content (AvgIpc) is 3.37. The predicted octanol–water partition coefficient (Wildman–Crippen LogP) is 1.64. The molecule has 4 aromatic rings. The Labute approximate surface area is 172 Å². The zero-order valence-electron chi connectivity index (χ0n) is 16.1. The zero-order chi connectivity index (χ0) is 21.1. The van der Waals surface area contributed by atoms with Crippen molar-refractivity contribution in [2.24, 2.45) is 5.14 Å². The fraction of sp³-hybridized carbons (Fsp3) is 0.222. The van der Waals surface area contributed by atoms with E-state index in [1.807, 2.05) is 10.9 Å². The van der Waals surface area contributed by atoms with Gasteiger partial charge >= 0.3 is 0 Å². The summed E-state index contributed by atoms with van der Waals surface area (Å²) in [7, 11) is -2.18. The van der Waals surface area contributed by atoms with E-state index < -0.39 is 10.0 Å². The largest absolute Gasteiger partial charge is 0.385 e. The van der Waals surface area contributed by atoms with Gasteiger partial charge in [0.05, 0.1) is 23.0 Å². The molecule has 0 saturated heterocycles. The molecule has 0 unspecified atom stereocenters. The molecule has 0 aliphatic heterocycles. The molecule has 0 atom stereocenters. The van der Waals surface area contributed by atoms with Crippen LogP contribution in [-0.4, -0.2) is 52.1 Å². The first-order chi connectivity index (χ1) is 14.4. The first-order valence-electron chi connectivity index (χ1n) is 9.07. The van der Waals surface area contributed by atoms with Gasteiger partial charge in [0.15, 0.2) is 11.6 Å². The van der Waals surface area contributed by atoms with Crippen LogP contribution in [0.2, 0.25) is 0 Å². The quantitative estimate of drug-likeness (QED) is 0.358. The van der Waals surface area contributed by atoms with Gasteiger partial charge < -0.3 is 10.1 Å². The Kier molecular flexibility index (Phi) is 5.44. The second-order valence-electron chi connectivity index (χ2n) is 6.56. The molecule has 3 aromatic heterocycles. The Morgan fingerprint density at radius 3 is 2.93 bits per heavy atom. The highest BCUT2D eigenvalue weighted by Crippen LogP contribution is 2.26. The van der Waals surface area contributed by atoms with Crippen LogP contribution < -0.4 is 10.5 Å². The number of primary sulfonamides is 1. The van der Waals surface area contributed by atoms with E-state index in [-0.39, 0.29) is 4.90 Å². The number of benzene rings is 1. The minimum atomic E-state index is -3.84. The van der Waals surface area contributed by atoms with E-state index in [1.54, 1.807) is 31.6 Å². The number of sulfonamides is 1. The fourth-order valence-corrected chi connectivity index (χ4v) is 3.49. The summed E-state index contributed by atoms with van der Waals surface area (Å²) in [6, 6.07) is 6.17. The van der Waals surface area contributed by atoms with E-state index in [1.165, 1.54) is 12.1 Å². The Morgan fingerprint density at radius 1 is 1.27 bits per heavy atom. The van der Waals surface area contributed by atoms with Crippen molar-refractivity contribution in [3.05, 3.63) is 42.9 Å². The van der Waals surface area contributed by atoms with Gasteiger partial charge in [-0.3, -0.25) is 9.78 Å². The molecule has 11 nitrogen and oxygen atoms in total. The number of nitrogens with one attached hydrogen (secondary N) is 2. The number of nitrogens with zero attached hydrogens (tertiary/aromatic N) is 5. The first kappa shape index (κ1) is 19.9. The minimum Gasteiger partial charge on any atom is -0.385 e. The molecule has 12 heteroatoms. The second-order valence-corrected chi connectivity index (χ2v) is 8.12. The third-order valence-corrected chi connectivity index (χ3v) is 5.26. The number of ether oxygens (including phenoxy) is 1. The lowest BCUT2D eigenvalue weighted by molar-refractivity contribution is 0.189. The van der Waals surface area contributed by atoms with Crippen molar-refractivity contribution in [3.8, 4) is 11.4 Å². The van der Waals surface area contributed by atoms with Crippen LogP contribution in [0.15, 0.2) is 47.8 Å². The van der Waals surface area contributed by atoms with Gasteiger partial charge in [-0.15, -0.1) is 0 Å². The number of H-pyrrole nitrogens is 1. The zero-order valence-corrected chi connectivity index (χ0v) is 16.9. The van der Waals surface area contributed by atoms with Crippen LogP contribution in [0.5, 0.6) is 0 Å². The number of anilines is 2. The molecule has 0 aliphatic rings. The Morgan fingerprint density at radius 2 is 2.13 bits per heavy atom. The molecule has 1 aromatic carbocycles. The summed E-state index contributed by atoms with van der Waals surface area (Å²) < 4.78 is 30.2. The molecule has 0 spiro atoms. The van der Waals surface area contributed by atoms with Crippen molar-refractivity contribution in [2.45, 2.75) is 17.9 Å². The topological polar surface area (TPSA) is 154 Å². The summed E-state index contributed by atoms with van der Waals surface area (Å²) in [4.78, 5) is 9.02. The number of aryl methyl sites for hydroxylation is 1. The molecule has 0 amide bonds. The molecule has 4 rings (SSSR count). The molecule has 0 saturated carbocycles. The summed E-state index contributed by atoms with van der Waals surface area (Å²) in [6.07, 6.45) is 5.98. The monoisotopic (exact) mass is 428 g/mol. The van der Waals surface area contributed by atoms with Gasteiger partial charge in [0.1, 0.15) is 11.0 Å². The molecular weight excluding hydrogens is 408 g/mol. The Hall–Kier alpha value is -3.35. The summed E-state index contributed by atoms with van der Waals surface area (Å²) in [6.45, 7) is 1.38. The molecule has 0 fully saturated rings. The SMILES string of the molecule is COCCCn1cc(Nc2nc(-c3cccc(S(N)(=O)=O)c3)nc3cn[nH]c23)cn1. The third-order valence-electron chi connectivity index (χ3n) is 4.35. The molecule has 30 heavy (non-hydrogen) atoms. The lowest BCUT2D eigenvalue weighted by Gasteiger charge is -2.08. The van der Waals surface area contributed by atoms with Crippen molar-refractivity contribution < 1.29 is 13.2 Å². The van der Waals surface area contributed by atoms with Crippen LogP contribution in [0.25, 0.3) is 22.4 Å². The molecule has 0 bridgehead atoms. The summed E-state index contributed by atoms with van der Waals surface area (Å²) in [5.74, 6) is 0.828. The minimum absolute atomic E-state index is 0.0114. The van der Waals surface area contributed by atoms with Crippen LogP contribution in [0.1, 0.15) is 6.42 Å². The molecule has 4 N–H and O–H groups in total. The number of hydrogen-bond acceptors (Lipinski definition) is 8. The highest BCUT2D eigenvalue weighted by atomic mass is 32.2. The van der Waals surface area contributed by atoms with Crippen molar-refractivity contribution >= 4 is 32.6 Å². The maximum Gasteiger partial charge on any atom is 0.238 e. The maximum absolute atomic E-state index is 11.7. The van der Waals surface area contributed by atoms with E-state index in [2.05, 4.69) is 30.6 Å². The van der Waals surface area contributed by atoms with Crippen LogP contribution in [0.3, 0.4) is 0 Å². The number of aromatic nitrogens is 6. The molecule has 156 valence electrons. The highest BCUT2D eigenvalue weighted by Gasteiger charge is 2.14. The lowest BCUT2D eigenvalue weighted by Crippen LogP contribution is -2.12. The van der Waals surface area contributed by atoms with Gasteiger partial charge in [-0.2, -0.15) is 10.2 Å². The smallest absolute Gasteiger partial charge is 0.238 e. The van der Waals surface area contributed by atoms with Gasteiger partial charge in [-0.25, -0.2) is 23.5 Å². The van der Waals surface area contributed by atoms with E-state index in [9.17, 15) is 8.42 Å². The van der Waals surface area contributed by atoms with E-state index in [0.717, 1.165) is 18.7 Å². The van der Waals surface area contributed by atoms with E-state index in [4.69, 9.17) is 9.88 Å². The molecular formula is C18H20N8O3S. The van der Waals surface area contributed by atoms with Crippen molar-refractivity contribution in [3.63, 3.8) is 0 Å². The third kappa shape index (κ3) is 4.30. The normalized spacial score (nSPS) is 11.8. The highest BCUT2D eigenvalue weighted by molar-refractivity contribution is 7.89. The van der Waals surface area contributed by atoms with Crippen LogP contribution in [-0.2, 0) is 21.3 Å². The number of rotatable bonds is 8. The Bertz CT molecular complexity index is 1280. The van der Waals surface area contributed by atoms with E-state index in [0.29, 0.717) is 34.8 Å². The van der Waals surface area contributed by atoms with Crippen molar-refractivity contribution in [1.82, 2.24) is 29.9 Å². The van der Waals surface area contributed by atoms with Gasteiger partial charge in [-0.05, 0) is 18.6 Å². The van der Waals surface area contributed by atoms with Crippen molar-refractivity contribution in [2.75, 3.05) is 19.0 Å². The van der Waals surface area contributed by atoms with E-state index >= 15 is 0 Å². The van der Waals surface area contributed by atoms with Crippen LogP contribution in [0.4, 0.5) is 11.5 Å². The van der Waals surface area contributed by atoms with Gasteiger partial charge in [0.2, 0.25) is 10.0 Å². The molecule has 0 aliphatic carbocycles.